The lowest BCUT2D eigenvalue weighted by molar-refractivity contribution is -0.0543. The molecule has 9 heteroatoms. The topological polar surface area (TPSA) is 55.1 Å². The van der Waals surface area contributed by atoms with E-state index in [2.05, 4.69) is 14.5 Å². The number of halogens is 4. The van der Waals surface area contributed by atoms with Crippen LogP contribution in [0.1, 0.15) is 10.6 Å². The molecule has 0 spiro atoms. The maximum Gasteiger partial charge on any atom is 0.387 e. The van der Waals surface area contributed by atoms with Gasteiger partial charge in [-0.25, -0.2) is 4.98 Å². The van der Waals surface area contributed by atoms with Crippen LogP contribution < -0.4 is 9.47 Å². The summed E-state index contributed by atoms with van der Waals surface area (Å²) in [6, 6.07) is 14.6. The number of allylic oxidation sites excluding steroid dienone is 1. The Bertz CT molecular complexity index is 1050. The Hall–Kier alpha value is -3.38. The number of nitriles is 1. The second-order valence-corrected chi connectivity index (χ2v) is 6.39. The Kier molecular flexibility index (Phi) is 6.46. The maximum absolute atomic E-state index is 12.7. The van der Waals surface area contributed by atoms with E-state index < -0.39 is 19.0 Å². The number of hydrogen-bond acceptors (Lipinski definition) is 5. The van der Waals surface area contributed by atoms with Crippen LogP contribution in [0, 0.1) is 11.3 Å². The summed E-state index contributed by atoms with van der Waals surface area (Å²) in [7, 11) is 0. The molecule has 0 saturated heterocycles. The quantitative estimate of drug-likeness (QED) is 0.344. The predicted octanol–water partition coefficient (Wildman–Crippen LogP) is 6.08. The van der Waals surface area contributed by atoms with Gasteiger partial charge in [0, 0.05) is 22.6 Å². The largest absolute Gasteiger partial charge is 0.435 e. The Morgan fingerprint density at radius 1 is 1.03 bits per heavy atom. The van der Waals surface area contributed by atoms with E-state index in [1.54, 1.807) is 5.38 Å². The Morgan fingerprint density at radius 2 is 1.76 bits per heavy atom. The number of hydrogen-bond donors (Lipinski definition) is 0. The van der Waals surface area contributed by atoms with Gasteiger partial charge in [0.2, 0.25) is 0 Å². The van der Waals surface area contributed by atoms with Crippen LogP contribution in [0.2, 0.25) is 0 Å². The highest BCUT2D eigenvalue weighted by atomic mass is 32.1. The van der Waals surface area contributed by atoms with Gasteiger partial charge in [-0.2, -0.15) is 22.8 Å². The molecule has 0 radical (unpaired) electrons. The zero-order chi connectivity index (χ0) is 20.8. The molecule has 0 N–H and O–H groups in total. The predicted molar refractivity (Wildman–Crippen MR) is 101 cm³/mol. The first kappa shape index (κ1) is 20.4. The zero-order valence-electron chi connectivity index (χ0n) is 14.6. The van der Waals surface area contributed by atoms with Crippen LogP contribution in [0.3, 0.4) is 0 Å². The van der Waals surface area contributed by atoms with Crippen molar-refractivity contribution < 1.29 is 27.0 Å². The number of benzene rings is 2. The van der Waals surface area contributed by atoms with E-state index in [0.29, 0.717) is 10.7 Å². The van der Waals surface area contributed by atoms with Crippen molar-refractivity contribution in [2.75, 3.05) is 0 Å². The highest BCUT2D eigenvalue weighted by molar-refractivity contribution is 7.11. The minimum absolute atomic E-state index is 0.0972. The van der Waals surface area contributed by atoms with Gasteiger partial charge < -0.3 is 9.47 Å². The highest BCUT2D eigenvalue weighted by Gasteiger charge is 2.15. The SMILES string of the molecule is N#C/C(=C\c1ccc(OC(F)F)cc1OC(F)F)c1nc(-c2ccccc2)cs1. The lowest BCUT2D eigenvalue weighted by Crippen LogP contribution is -2.05. The minimum atomic E-state index is -3.18. The number of alkyl halides is 4. The van der Waals surface area contributed by atoms with Crippen molar-refractivity contribution in [3.8, 4) is 28.8 Å². The van der Waals surface area contributed by atoms with Gasteiger partial charge in [0.1, 0.15) is 22.6 Å². The summed E-state index contributed by atoms with van der Waals surface area (Å²) in [4.78, 5) is 4.41. The third kappa shape index (κ3) is 5.33. The molecule has 1 aromatic heterocycles. The molecule has 29 heavy (non-hydrogen) atoms. The molecule has 3 aromatic rings. The summed E-state index contributed by atoms with van der Waals surface area (Å²) in [5.41, 5.74) is 1.73. The summed E-state index contributed by atoms with van der Waals surface area (Å²) in [5, 5.41) is 11.6. The lowest BCUT2D eigenvalue weighted by Gasteiger charge is -2.11. The molecule has 0 atom stereocenters. The summed E-state index contributed by atoms with van der Waals surface area (Å²) in [6.45, 7) is -6.30. The third-order valence-electron chi connectivity index (χ3n) is 3.65. The number of rotatable bonds is 7. The highest BCUT2D eigenvalue weighted by Crippen LogP contribution is 2.32. The number of thiazole rings is 1. The van der Waals surface area contributed by atoms with Gasteiger partial charge in [-0.05, 0) is 18.2 Å². The first-order valence-electron chi connectivity index (χ1n) is 8.13. The summed E-state index contributed by atoms with van der Waals surface area (Å²) < 4.78 is 58.8. The normalized spacial score (nSPS) is 11.6. The van der Waals surface area contributed by atoms with Crippen LogP contribution >= 0.6 is 11.3 Å². The molecule has 0 saturated carbocycles. The molecule has 0 aliphatic rings. The molecule has 0 fully saturated rings. The second kappa shape index (κ2) is 9.21. The van der Waals surface area contributed by atoms with Crippen LogP contribution in [0.15, 0.2) is 53.9 Å². The van der Waals surface area contributed by atoms with Gasteiger partial charge in [0.15, 0.2) is 0 Å². The Balaban J connectivity index is 1.96. The maximum atomic E-state index is 12.7. The van der Waals surface area contributed by atoms with Crippen molar-refractivity contribution in [3.63, 3.8) is 0 Å². The summed E-state index contributed by atoms with van der Waals surface area (Å²) >= 11 is 1.21. The Labute approximate surface area is 167 Å². The van der Waals surface area contributed by atoms with Crippen LogP contribution in [0.4, 0.5) is 17.6 Å². The first-order chi connectivity index (χ1) is 14.0. The van der Waals surface area contributed by atoms with E-state index in [-0.39, 0.29) is 16.9 Å². The molecule has 0 bridgehead atoms. The van der Waals surface area contributed by atoms with Gasteiger partial charge in [-0.1, -0.05) is 30.3 Å². The minimum Gasteiger partial charge on any atom is -0.435 e. The molecule has 0 amide bonds. The van der Waals surface area contributed by atoms with Gasteiger partial charge >= 0.3 is 13.2 Å². The van der Waals surface area contributed by atoms with Crippen LogP contribution in [-0.4, -0.2) is 18.2 Å². The van der Waals surface area contributed by atoms with Gasteiger partial charge in [-0.15, -0.1) is 11.3 Å². The molecular weight excluding hydrogens is 408 g/mol. The average molecular weight is 420 g/mol. The monoisotopic (exact) mass is 420 g/mol. The molecule has 0 unspecified atom stereocenters. The van der Waals surface area contributed by atoms with Crippen molar-refractivity contribution in [1.29, 1.82) is 5.26 Å². The molecular formula is C20H12F4N2O2S. The third-order valence-corrected chi connectivity index (χ3v) is 4.53. The van der Waals surface area contributed by atoms with Crippen LogP contribution in [0.25, 0.3) is 22.9 Å². The van der Waals surface area contributed by atoms with E-state index in [0.717, 1.165) is 11.6 Å². The fraction of sp³-hybridized carbons (Fsp3) is 0.100. The molecule has 0 aliphatic carbocycles. The zero-order valence-corrected chi connectivity index (χ0v) is 15.4. The number of aromatic nitrogens is 1. The molecule has 3 rings (SSSR count). The summed E-state index contributed by atoms with van der Waals surface area (Å²) in [5.74, 6) is -0.738. The number of ether oxygens (including phenoxy) is 2. The molecule has 148 valence electrons. The summed E-state index contributed by atoms with van der Waals surface area (Å²) in [6.07, 6.45) is 1.30. The fourth-order valence-corrected chi connectivity index (χ4v) is 3.24. The van der Waals surface area contributed by atoms with Gasteiger partial charge in [0.25, 0.3) is 0 Å². The lowest BCUT2D eigenvalue weighted by atomic mass is 10.1. The average Bonchev–Trinajstić information content (AvgIpc) is 3.17. The molecule has 1 heterocycles. The smallest absolute Gasteiger partial charge is 0.387 e. The van der Waals surface area contributed by atoms with E-state index in [4.69, 9.17) is 0 Å². The van der Waals surface area contributed by atoms with Crippen molar-refractivity contribution in [1.82, 2.24) is 4.98 Å². The van der Waals surface area contributed by atoms with E-state index in [9.17, 15) is 22.8 Å². The Morgan fingerprint density at radius 3 is 2.41 bits per heavy atom. The van der Waals surface area contributed by atoms with Crippen molar-refractivity contribution in [3.05, 3.63) is 64.5 Å². The van der Waals surface area contributed by atoms with Crippen molar-refractivity contribution in [2.24, 2.45) is 0 Å². The van der Waals surface area contributed by atoms with E-state index in [1.807, 2.05) is 36.4 Å². The first-order valence-corrected chi connectivity index (χ1v) is 9.01. The van der Waals surface area contributed by atoms with Crippen molar-refractivity contribution >= 4 is 23.0 Å². The van der Waals surface area contributed by atoms with Crippen LogP contribution in [-0.2, 0) is 0 Å². The van der Waals surface area contributed by atoms with E-state index >= 15 is 0 Å². The molecule has 2 aromatic carbocycles. The van der Waals surface area contributed by atoms with Gasteiger partial charge in [-0.3, -0.25) is 0 Å². The molecule has 4 nitrogen and oxygen atoms in total. The van der Waals surface area contributed by atoms with Crippen LogP contribution in [0.5, 0.6) is 11.5 Å². The van der Waals surface area contributed by atoms with Crippen molar-refractivity contribution in [2.45, 2.75) is 13.2 Å². The second-order valence-electron chi connectivity index (χ2n) is 5.53. The standard InChI is InChI=1S/C20H12F4N2O2S/c21-19(22)27-15-7-6-13(17(9-15)28-20(23)24)8-14(10-25)18-26-16(11-29-18)12-4-2-1-3-5-12/h1-9,11,19-20H/b14-8+. The fourth-order valence-electron chi connectivity index (χ4n) is 2.44. The molecule has 0 aliphatic heterocycles. The number of nitrogens with zero attached hydrogens (tertiary/aromatic N) is 2. The van der Waals surface area contributed by atoms with E-state index in [1.165, 1.54) is 29.5 Å². The van der Waals surface area contributed by atoms with Gasteiger partial charge in [0.05, 0.1) is 11.3 Å².